The maximum atomic E-state index is 4.39. The third kappa shape index (κ3) is 5.87. The van der Waals surface area contributed by atoms with E-state index in [4.69, 9.17) is 0 Å². The van der Waals surface area contributed by atoms with Crippen LogP contribution in [0.25, 0.3) is 0 Å². The van der Waals surface area contributed by atoms with Crippen molar-refractivity contribution >= 4 is 0 Å². The van der Waals surface area contributed by atoms with Crippen LogP contribution in [-0.2, 0) is 13.1 Å². The SMILES string of the molecule is CCCCCCCn1nccc1CNC(C)C. The fraction of sp³-hybridized carbons (Fsp3) is 0.786. The largest absolute Gasteiger partial charge is 0.309 e. The lowest BCUT2D eigenvalue weighted by atomic mass is 10.1. The monoisotopic (exact) mass is 237 g/mol. The minimum Gasteiger partial charge on any atom is -0.309 e. The molecule has 0 saturated heterocycles. The minimum atomic E-state index is 0.530. The second kappa shape index (κ2) is 8.29. The normalized spacial score (nSPS) is 11.3. The van der Waals surface area contributed by atoms with Gasteiger partial charge in [0.05, 0.1) is 5.69 Å². The summed E-state index contributed by atoms with van der Waals surface area (Å²) in [6, 6.07) is 2.64. The standard InChI is InChI=1S/C14H27N3/c1-4-5-6-7-8-11-17-14(9-10-16-17)12-15-13(2)3/h9-10,13,15H,4-8,11-12H2,1-3H3. The molecule has 3 heteroatoms. The highest BCUT2D eigenvalue weighted by molar-refractivity contribution is 5.00. The van der Waals surface area contributed by atoms with Gasteiger partial charge in [0.1, 0.15) is 0 Å². The molecule has 1 aromatic heterocycles. The van der Waals surface area contributed by atoms with Gasteiger partial charge >= 0.3 is 0 Å². The third-order valence-corrected chi connectivity index (χ3v) is 2.97. The highest BCUT2D eigenvalue weighted by Gasteiger charge is 2.02. The summed E-state index contributed by atoms with van der Waals surface area (Å²) in [4.78, 5) is 0. The molecule has 0 bridgehead atoms. The quantitative estimate of drug-likeness (QED) is 0.667. The van der Waals surface area contributed by atoms with Gasteiger partial charge in [-0.3, -0.25) is 4.68 Å². The average molecular weight is 237 g/mol. The predicted octanol–water partition coefficient (Wildman–Crippen LogP) is 3.35. The van der Waals surface area contributed by atoms with Gasteiger partial charge in [0.2, 0.25) is 0 Å². The van der Waals surface area contributed by atoms with Crippen LogP contribution >= 0.6 is 0 Å². The average Bonchev–Trinajstić information content (AvgIpc) is 2.73. The van der Waals surface area contributed by atoms with E-state index in [0.29, 0.717) is 6.04 Å². The Hall–Kier alpha value is -0.830. The highest BCUT2D eigenvalue weighted by atomic mass is 15.3. The van der Waals surface area contributed by atoms with Crippen LogP contribution in [0, 0.1) is 0 Å². The van der Waals surface area contributed by atoms with Crippen molar-refractivity contribution in [3.8, 4) is 0 Å². The Labute approximate surface area is 106 Å². The highest BCUT2D eigenvalue weighted by Crippen LogP contribution is 2.06. The topological polar surface area (TPSA) is 29.9 Å². The molecule has 0 aliphatic carbocycles. The van der Waals surface area contributed by atoms with E-state index in [1.807, 2.05) is 6.20 Å². The zero-order valence-electron chi connectivity index (χ0n) is 11.6. The predicted molar refractivity (Wildman–Crippen MR) is 73.0 cm³/mol. The van der Waals surface area contributed by atoms with E-state index in [0.717, 1.165) is 13.1 Å². The van der Waals surface area contributed by atoms with Crippen molar-refractivity contribution in [2.45, 2.75) is 72.0 Å². The first kappa shape index (κ1) is 14.2. The molecule has 17 heavy (non-hydrogen) atoms. The first-order valence-corrected chi connectivity index (χ1v) is 6.98. The van der Waals surface area contributed by atoms with Crippen LogP contribution in [-0.4, -0.2) is 15.8 Å². The molecule has 0 unspecified atom stereocenters. The van der Waals surface area contributed by atoms with Gasteiger partial charge in [-0.05, 0) is 12.5 Å². The first-order valence-electron chi connectivity index (χ1n) is 6.98. The number of hydrogen-bond acceptors (Lipinski definition) is 2. The van der Waals surface area contributed by atoms with Gasteiger partial charge in [0.25, 0.3) is 0 Å². The molecule has 0 aliphatic heterocycles. The van der Waals surface area contributed by atoms with Crippen LogP contribution in [0.3, 0.4) is 0 Å². The number of rotatable bonds is 9. The van der Waals surface area contributed by atoms with Gasteiger partial charge in [-0.25, -0.2) is 0 Å². The summed E-state index contributed by atoms with van der Waals surface area (Å²) < 4.78 is 2.14. The molecule has 0 saturated carbocycles. The zero-order valence-corrected chi connectivity index (χ0v) is 11.6. The van der Waals surface area contributed by atoms with Crippen LogP contribution in [0.2, 0.25) is 0 Å². The lowest BCUT2D eigenvalue weighted by Gasteiger charge is -2.10. The van der Waals surface area contributed by atoms with Gasteiger partial charge in [-0.15, -0.1) is 0 Å². The smallest absolute Gasteiger partial charge is 0.0522 e. The van der Waals surface area contributed by atoms with Crippen molar-refractivity contribution in [3.05, 3.63) is 18.0 Å². The summed E-state index contributed by atoms with van der Waals surface area (Å²) >= 11 is 0. The Morgan fingerprint density at radius 2 is 2.00 bits per heavy atom. The lowest BCUT2D eigenvalue weighted by Crippen LogP contribution is -2.23. The van der Waals surface area contributed by atoms with E-state index in [2.05, 4.69) is 41.9 Å². The minimum absolute atomic E-state index is 0.530. The van der Waals surface area contributed by atoms with Crippen LogP contribution < -0.4 is 5.32 Å². The molecule has 0 aliphatic rings. The fourth-order valence-electron chi connectivity index (χ4n) is 1.89. The number of nitrogens with one attached hydrogen (secondary N) is 1. The molecule has 1 aromatic rings. The van der Waals surface area contributed by atoms with Gasteiger partial charge in [-0.1, -0.05) is 46.5 Å². The van der Waals surface area contributed by atoms with E-state index in [1.54, 1.807) is 0 Å². The molecule has 1 heterocycles. The summed E-state index contributed by atoms with van der Waals surface area (Å²) in [5.41, 5.74) is 1.30. The maximum Gasteiger partial charge on any atom is 0.0522 e. The van der Waals surface area contributed by atoms with E-state index in [-0.39, 0.29) is 0 Å². The van der Waals surface area contributed by atoms with Crippen molar-refractivity contribution in [2.75, 3.05) is 0 Å². The summed E-state index contributed by atoms with van der Waals surface area (Å²) in [7, 11) is 0. The van der Waals surface area contributed by atoms with Crippen molar-refractivity contribution in [1.29, 1.82) is 0 Å². The summed E-state index contributed by atoms with van der Waals surface area (Å²) in [5.74, 6) is 0. The Morgan fingerprint density at radius 3 is 2.71 bits per heavy atom. The van der Waals surface area contributed by atoms with Gasteiger partial charge < -0.3 is 5.32 Å². The van der Waals surface area contributed by atoms with E-state index in [9.17, 15) is 0 Å². The molecule has 98 valence electrons. The molecule has 1 rings (SSSR count). The lowest BCUT2D eigenvalue weighted by molar-refractivity contribution is 0.495. The number of aryl methyl sites for hydroxylation is 1. The second-order valence-corrected chi connectivity index (χ2v) is 5.00. The molecular weight excluding hydrogens is 210 g/mol. The van der Waals surface area contributed by atoms with Crippen LogP contribution in [0.5, 0.6) is 0 Å². The van der Waals surface area contributed by atoms with Crippen LogP contribution in [0.15, 0.2) is 12.3 Å². The maximum absolute atomic E-state index is 4.39. The van der Waals surface area contributed by atoms with Crippen molar-refractivity contribution in [1.82, 2.24) is 15.1 Å². The molecule has 1 N–H and O–H groups in total. The van der Waals surface area contributed by atoms with Gasteiger partial charge in [0, 0.05) is 25.3 Å². The summed E-state index contributed by atoms with van der Waals surface area (Å²) in [5, 5.41) is 7.83. The van der Waals surface area contributed by atoms with Crippen molar-refractivity contribution in [2.24, 2.45) is 0 Å². The summed E-state index contributed by atoms with van der Waals surface area (Å²) in [6.45, 7) is 8.58. The fourth-order valence-corrected chi connectivity index (χ4v) is 1.89. The molecule has 0 fully saturated rings. The van der Waals surface area contributed by atoms with Gasteiger partial charge in [0.15, 0.2) is 0 Å². The van der Waals surface area contributed by atoms with Crippen molar-refractivity contribution < 1.29 is 0 Å². The number of hydrogen-bond donors (Lipinski definition) is 1. The van der Waals surface area contributed by atoms with Crippen LogP contribution in [0.4, 0.5) is 0 Å². The third-order valence-electron chi connectivity index (χ3n) is 2.97. The first-order chi connectivity index (χ1) is 8.24. The molecular formula is C14H27N3. The molecule has 0 aromatic carbocycles. The second-order valence-electron chi connectivity index (χ2n) is 5.00. The molecule has 0 radical (unpaired) electrons. The number of unbranched alkanes of at least 4 members (excludes halogenated alkanes) is 4. The Morgan fingerprint density at radius 1 is 1.24 bits per heavy atom. The summed E-state index contributed by atoms with van der Waals surface area (Å²) in [6.07, 6.45) is 8.51. The van der Waals surface area contributed by atoms with Crippen LogP contribution in [0.1, 0.15) is 58.6 Å². The molecule has 0 atom stereocenters. The van der Waals surface area contributed by atoms with Crippen molar-refractivity contribution in [3.63, 3.8) is 0 Å². The number of aromatic nitrogens is 2. The van der Waals surface area contributed by atoms with Gasteiger partial charge in [-0.2, -0.15) is 5.10 Å². The molecule has 0 amide bonds. The van der Waals surface area contributed by atoms with E-state index in [1.165, 1.54) is 37.8 Å². The van der Waals surface area contributed by atoms with E-state index < -0.39 is 0 Å². The molecule has 3 nitrogen and oxygen atoms in total. The molecule has 0 spiro atoms. The number of nitrogens with zero attached hydrogens (tertiary/aromatic N) is 2. The zero-order chi connectivity index (χ0) is 12.5. The Bertz CT molecular complexity index is 291. The Kier molecular flexibility index (Phi) is 6.94. The van der Waals surface area contributed by atoms with E-state index >= 15 is 0 Å². The Balaban J connectivity index is 2.25.